The van der Waals surface area contributed by atoms with Crippen molar-refractivity contribution in [3.63, 3.8) is 0 Å². The highest BCUT2D eigenvalue weighted by Crippen LogP contribution is 2.24. The second kappa shape index (κ2) is 5.81. The predicted octanol–water partition coefficient (Wildman–Crippen LogP) is 1.94. The van der Waals surface area contributed by atoms with Gasteiger partial charge in [0.05, 0.1) is 12.5 Å². The quantitative estimate of drug-likeness (QED) is 0.861. The summed E-state index contributed by atoms with van der Waals surface area (Å²) in [6, 6.07) is 13.4. The molecule has 0 bridgehead atoms. The Labute approximate surface area is 103 Å². The first-order valence-corrected chi connectivity index (χ1v) is 6.20. The highest BCUT2D eigenvalue weighted by Gasteiger charge is 2.24. The van der Waals surface area contributed by atoms with E-state index in [1.807, 2.05) is 18.2 Å². The topological polar surface area (TPSA) is 39.1 Å². The largest absolute Gasteiger partial charge is 0.312 e. The average Bonchev–Trinajstić information content (AvgIpc) is 2.37. The molecule has 3 nitrogen and oxygen atoms in total. The highest BCUT2D eigenvalue weighted by atomic mass is 15.2. The zero-order chi connectivity index (χ0) is 12.1. The molecule has 0 spiro atoms. The maximum atomic E-state index is 9.00. The molecule has 17 heavy (non-hydrogen) atoms. The standard InChI is InChI=1S/C14H19N3/c1-12-11-17(10-9-16-12)14(7-8-15)13-5-3-2-4-6-13/h2-6,12,14,16H,7,9-11H2,1H3. The van der Waals surface area contributed by atoms with Crippen molar-refractivity contribution in [3.8, 4) is 6.07 Å². The van der Waals surface area contributed by atoms with Crippen molar-refractivity contribution in [1.29, 1.82) is 5.26 Å². The molecule has 0 amide bonds. The molecule has 2 rings (SSSR count). The van der Waals surface area contributed by atoms with E-state index in [1.165, 1.54) is 5.56 Å². The zero-order valence-electron chi connectivity index (χ0n) is 10.3. The Hall–Kier alpha value is -1.37. The molecule has 1 N–H and O–H groups in total. The molecule has 0 aromatic heterocycles. The predicted molar refractivity (Wildman–Crippen MR) is 68.5 cm³/mol. The van der Waals surface area contributed by atoms with E-state index in [4.69, 9.17) is 5.26 Å². The molecule has 3 heteroatoms. The molecule has 0 aliphatic carbocycles. The van der Waals surface area contributed by atoms with Crippen LogP contribution in [0.4, 0.5) is 0 Å². The fraction of sp³-hybridized carbons (Fsp3) is 0.500. The summed E-state index contributed by atoms with van der Waals surface area (Å²) in [7, 11) is 0. The van der Waals surface area contributed by atoms with E-state index in [2.05, 4.69) is 35.3 Å². The van der Waals surface area contributed by atoms with Crippen molar-refractivity contribution in [1.82, 2.24) is 10.2 Å². The molecule has 1 aliphatic rings. The molecular formula is C14H19N3. The Bertz CT molecular complexity index is 382. The van der Waals surface area contributed by atoms with Gasteiger partial charge >= 0.3 is 0 Å². The Morgan fingerprint density at radius 2 is 2.24 bits per heavy atom. The summed E-state index contributed by atoms with van der Waals surface area (Å²) in [4.78, 5) is 2.42. The number of nitrogens with zero attached hydrogens (tertiary/aromatic N) is 2. The summed E-state index contributed by atoms with van der Waals surface area (Å²) in [5.41, 5.74) is 1.25. The Morgan fingerprint density at radius 1 is 1.47 bits per heavy atom. The van der Waals surface area contributed by atoms with Gasteiger partial charge in [-0.2, -0.15) is 5.26 Å². The molecule has 1 saturated heterocycles. The second-order valence-corrected chi connectivity index (χ2v) is 4.64. The SMILES string of the molecule is CC1CN(C(CC#N)c2ccccc2)CCN1. The van der Waals surface area contributed by atoms with Crippen LogP contribution in [-0.2, 0) is 0 Å². The third-order valence-corrected chi connectivity index (χ3v) is 3.31. The number of nitrogens with one attached hydrogen (secondary N) is 1. The maximum absolute atomic E-state index is 9.00. The van der Waals surface area contributed by atoms with E-state index < -0.39 is 0 Å². The van der Waals surface area contributed by atoms with Gasteiger partial charge in [-0.05, 0) is 12.5 Å². The summed E-state index contributed by atoms with van der Waals surface area (Å²) in [6.45, 7) is 5.24. The fourth-order valence-corrected chi connectivity index (χ4v) is 2.46. The fourth-order valence-electron chi connectivity index (χ4n) is 2.46. The summed E-state index contributed by atoms with van der Waals surface area (Å²) in [5.74, 6) is 0. The van der Waals surface area contributed by atoms with Gasteiger partial charge in [-0.15, -0.1) is 0 Å². The van der Waals surface area contributed by atoms with Crippen LogP contribution in [0.5, 0.6) is 0 Å². The van der Waals surface area contributed by atoms with Crippen LogP contribution >= 0.6 is 0 Å². The summed E-state index contributed by atoms with van der Waals surface area (Å²) in [5, 5.41) is 12.4. The van der Waals surface area contributed by atoms with E-state index in [0.29, 0.717) is 12.5 Å². The molecule has 0 radical (unpaired) electrons. The van der Waals surface area contributed by atoms with Gasteiger partial charge in [0, 0.05) is 31.7 Å². The van der Waals surface area contributed by atoms with Crippen molar-refractivity contribution in [3.05, 3.63) is 35.9 Å². The van der Waals surface area contributed by atoms with E-state index in [-0.39, 0.29) is 6.04 Å². The van der Waals surface area contributed by atoms with Gasteiger partial charge in [-0.25, -0.2) is 0 Å². The van der Waals surface area contributed by atoms with Crippen LogP contribution in [0.3, 0.4) is 0 Å². The van der Waals surface area contributed by atoms with E-state index in [0.717, 1.165) is 19.6 Å². The first-order valence-electron chi connectivity index (χ1n) is 6.20. The van der Waals surface area contributed by atoms with E-state index >= 15 is 0 Å². The minimum Gasteiger partial charge on any atom is -0.312 e. The summed E-state index contributed by atoms with van der Waals surface area (Å²) >= 11 is 0. The van der Waals surface area contributed by atoms with Crippen LogP contribution in [0.1, 0.15) is 24.9 Å². The minimum absolute atomic E-state index is 0.241. The smallest absolute Gasteiger partial charge is 0.0641 e. The van der Waals surface area contributed by atoms with Crippen LogP contribution in [0.15, 0.2) is 30.3 Å². The lowest BCUT2D eigenvalue weighted by atomic mass is 10.0. The lowest BCUT2D eigenvalue weighted by Gasteiger charge is -2.37. The van der Waals surface area contributed by atoms with Crippen molar-refractivity contribution in [2.24, 2.45) is 0 Å². The van der Waals surface area contributed by atoms with Gasteiger partial charge in [0.1, 0.15) is 0 Å². The molecule has 2 atom stereocenters. The first kappa shape index (κ1) is 12.1. The normalized spacial score (nSPS) is 22.9. The molecular weight excluding hydrogens is 210 g/mol. The number of nitriles is 1. The van der Waals surface area contributed by atoms with Crippen LogP contribution < -0.4 is 5.32 Å². The first-order chi connectivity index (χ1) is 8.31. The van der Waals surface area contributed by atoms with E-state index in [1.54, 1.807) is 0 Å². The number of hydrogen-bond donors (Lipinski definition) is 1. The zero-order valence-corrected chi connectivity index (χ0v) is 10.3. The molecule has 1 aliphatic heterocycles. The van der Waals surface area contributed by atoms with Crippen molar-refractivity contribution >= 4 is 0 Å². The lowest BCUT2D eigenvalue weighted by molar-refractivity contribution is 0.150. The molecule has 0 saturated carbocycles. The molecule has 1 fully saturated rings. The number of piperazine rings is 1. The number of rotatable bonds is 3. The maximum Gasteiger partial charge on any atom is 0.0641 e. The molecule has 1 heterocycles. The number of benzene rings is 1. The Kier molecular flexibility index (Phi) is 4.13. The van der Waals surface area contributed by atoms with Crippen LogP contribution in [0.25, 0.3) is 0 Å². The molecule has 1 aromatic carbocycles. The van der Waals surface area contributed by atoms with Crippen LogP contribution in [-0.4, -0.2) is 30.6 Å². The monoisotopic (exact) mass is 229 g/mol. The minimum atomic E-state index is 0.241. The molecule has 1 aromatic rings. The molecule has 90 valence electrons. The van der Waals surface area contributed by atoms with Crippen LogP contribution in [0.2, 0.25) is 0 Å². The van der Waals surface area contributed by atoms with Gasteiger partial charge in [0.25, 0.3) is 0 Å². The average molecular weight is 229 g/mol. The Morgan fingerprint density at radius 3 is 2.88 bits per heavy atom. The van der Waals surface area contributed by atoms with Crippen molar-refractivity contribution in [2.45, 2.75) is 25.4 Å². The third-order valence-electron chi connectivity index (χ3n) is 3.31. The molecule has 2 unspecified atom stereocenters. The second-order valence-electron chi connectivity index (χ2n) is 4.64. The summed E-state index contributed by atoms with van der Waals surface area (Å²) < 4.78 is 0. The highest BCUT2D eigenvalue weighted by molar-refractivity contribution is 5.20. The van der Waals surface area contributed by atoms with Gasteiger partial charge in [-0.3, -0.25) is 4.90 Å². The van der Waals surface area contributed by atoms with Gasteiger partial charge in [0.2, 0.25) is 0 Å². The van der Waals surface area contributed by atoms with Gasteiger partial charge in [0.15, 0.2) is 0 Å². The van der Waals surface area contributed by atoms with Crippen molar-refractivity contribution in [2.75, 3.05) is 19.6 Å². The van der Waals surface area contributed by atoms with Gasteiger partial charge in [-0.1, -0.05) is 30.3 Å². The van der Waals surface area contributed by atoms with Crippen LogP contribution in [0, 0.1) is 11.3 Å². The summed E-state index contributed by atoms with van der Waals surface area (Å²) in [6.07, 6.45) is 0.566. The Balaban J connectivity index is 2.14. The lowest BCUT2D eigenvalue weighted by Crippen LogP contribution is -2.50. The number of hydrogen-bond acceptors (Lipinski definition) is 3. The van der Waals surface area contributed by atoms with Gasteiger partial charge < -0.3 is 5.32 Å². The third kappa shape index (κ3) is 3.06. The van der Waals surface area contributed by atoms with Crippen molar-refractivity contribution < 1.29 is 0 Å². The van der Waals surface area contributed by atoms with E-state index in [9.17, 15) is 0 Å².